The Hall–Kier alpha value is -8.78. The molecule has 2 saturated heterocycles. The fourth-order valence-corrected chi connectivity index (χ4v) is 14.8. The van der Waals surface area contributed by atoms with Crippen LogP contribution in [0.5, 0.6) is 0 Å². The van der Waals surface area contributed by atoms with Crippen molar-refractivity contribution in [2.24, 2.45) is 5.73 Å². The first-order valence-corrected chi connectivity index (χ1v) is 40.8. The summed E-state index contributed by atoms with van der Waals surface area (Å²) in [5.74, 6) is -0.850. The Balaban J connectivity index is 0.000000228. The van der Waals surface area contributed by atoms with Gasteiger partial charge >= 0.3 is 24.2 Å². The number of carboxylic acids is 1. The molecular formula is C80H107N14O11S4-. The van der Waals surface area contributed by atoms with Gasteiger partial charge in [0.15, 0.2) is 0 Å². The first kappa shape index (κ1) is 85.8. The molecule has 0 spiro atoms. The first-order chi connectivity index (χ1) is 52.8. The molecule has 7 amide bonds. The predicted molar refractivity (Wildman–Crippen MR) is 426 cm³/mol. The van der Waals surface area contributed by atoms with Crippen LogP contribution in [0.4, 0.5) is 19.2 Å². The summed E-state index contributed by atoms with van der Waals surface area (Å²) in [5.41, 5.74) is 16.0. The van der Waals surface area contributed by atoms with Gasteiger partial charge < -0.3 is 71.0 Å². The zero-order valence-electron chi connectivity index (χ0n) is 63.4. The Bertz CT molecular complexity index is 3890. The quantitative estimate of drug-likeness (QED) is 0.0211. The van der Waals surface area contributed by atoms with Crippen molar-refractivity contribution in [3.8, 4) is 0 Å². The number of urea groups is 2. The van der Waals surface area contributed by atoms with Crippen LogP contribution in [-0.4, -0.2) is 192 Å². The standard InChI is InChI=1S/C40H53N7O5S2.C23H27N3O2S.C17H28N4O4S/c1-29(2)38-43-34(27-53-38)25-46(3)39(49)45-36(16-17-47-18-20-51-21-19-47)37(48)42-32(22-30-10-6-4-7-11-30)14-15-33(23-31-12-8-5-9-13-31)44-40(50)52-26-35-24-41-28-54-35;24-20(13-18-7-3-1-4-8-18)11-12-21(14-19-9-5-2-6-10-19)26-23(27)28-16-22-15-25-17-29-22;1-12(2)15-18-13(11-26-15)10-20(3)17(24)19-14(16(22)23)4-5-21-6-8-25-9-7-21/h4-13,24,27-29,32-33,36H,14-23,25-26H2,1-3H3,(H,42,48)(H,44,50)(H,45,49);1-10,15,17,20-21H,11-14,16,24H2,(H,26,27);11-12,14H,4-10H2,1-3H3,(H,19,24)(H,22,23)/p-1/t32-,33-,36+;20-,21-;14-/m110/s1. The van der Waals surface area contributed by atoms with E-state index in [9.17, 15) is 33.9 Å². The maximum Gasteiger partial charge on any atom is 0.407 e. The molecule has 10 rings (SSSR count). The summed E-state index contributed by atoms with van der Waals surface area (Å²) in [4.78, 5) is 103. The second-order valence-electron chi connectivity index (χ2n) is 27.8. The van der Waals surface area contributed by atoms with Gasteiger partial charge in [-0.2, -0.15) is 0 Å². The number of nitrogens with zero attached hydrogens (tertiary/aromatic N) is 8. The minimum Gasteiger partial charge on any atom is -0.548 e. The summed E-state index contributed by atoms with van der Waals surface area (Å²) in [6.45, 7) is 16.3. The molecule has 2 aliphatic heterocycles. The highest BCUT2D eigenvalue weighted by Crippen LogP contribution is 2.23. The zero-order chi connectivity index (χ0) is 77.5. The molecule has 2 fully saturated rings. The topological polar surface area (TPSA) is 313 Å². The van der Waals surface area contributed by atoms with Crippen LogP contribution in [0, 0.1) is 0 Å². The highest BCUT2D eigenvalue weighted by molar-refractivity contribution is 7.10. The number of benzene rings is 4. The number of ether oxygens (including phenoxy) is 4. The number of rotatable bonds is 37. The fraction of sp³-hybridized carbons (Fsp3) is 0.475. The van der Waals surface area contributed by atoms with Crippen molar-refractivity contribution < 1.29 is 52.8 Å². The molecule has 29 heteroatoms. The van der Waals surface area contributed by atoms with Crippen molar-refractivity contribution in [3.05, 3.63) is 209 Å². The zero-order valence-corrected chi connectivity index (χ0v) is 66.6. The summed E-state index contributed by atoms with van der Waals surface area (Å²) >= 11 is 6.06. The van der Waals surface area contributed by atoms with Crippen LogP contribution in [-0.2, 0) is 80.5 Å². The van der Waals surface area contributed by atoms with Crippen LogP contribution in [0.25, 0.3) is 0 Å². The molecular weight excluding hydrogens is 1460 g/mol. The summed E-state index contributed by atoms with van der Waals surface area (Å²) in [5, 5.41) is 32.3. The van der Waals surface area contributed by atoms with Crippen molar-refractivity contribution in [1.29, 1.82) is 0 Å². The van der Waals surface area contributed by atoms with Crippen molar-refractivity contribution >= 4 is 81.5 Å². The number of amides is 7. The van der Waals surface area contributed by atoms with Gasteiger partial charge in [0.25, 0.3) is 0 Å². The van der Waals surface area contributed by atoms with E-state index >= 15 is 0 Å². The number of carbonyl (C=O) groups excluding carboxylic acids is 6. The molecule has 6 heterocycles. The molecule has 25 nitrogen and oxygen atoms in total. The summed E-state index contributed by atoms with van der Waals surface area (Å²) in [6, 6.07) is 37.4. The average molecular weight is 1570 g/mol. The van der Waals surface area contributed by atoms with Gasteiger partial charge in [0.1, 0.15) is 19.3 Å². The molecule has 588 valence electrons. The maximum atomic E-state index is 14.2. The number of alkyl carbamates (subject to hydrolysis) is 2. The molecule has 6 atom stereocenters. The van der Waals surface area contributed by atoms with E-state index in [-0.39, 0.29) is 49.3 Å². The number of carboxylic acid groups (broad SMARTS) is 1. The molecule has 0 aliphatic carbocycles. The third-order valence-corrected chi connectivity index (χ3v) is 22.1. The lowest BCUT2D eigenvalue weighted by molar-refractivity contribution is -0.308. The van der Waals surface area contributed by atoms with E-state index in [2.05, 4.69) is 108 Å². The van der Waals surface area contributed by atoms with Crippen molar-refractivity contribution in [1.82, 2.24) is 66.1 Å². The van der Waals surface area contributed by atoms with Crippen LogP contribution in [0.15, 0.2) is 156 Å². The number of nitrogens with two attached hydrogens (primary N) is 1. The summed E-state index contributed by atoms with van der Waals surface area (Å²) < 4.78 is 21.7. The van der Waals surface area contributed by atoms with E-state index in [0.29, 0.717) is 103 Å². The van der Waals surface area contributed by atoms with Crippen molar-refractivity contribution in [2.75, 3.05) is 79.8 Å². The number of carbonyl (C=O) groups is 6. The Morgan fingerprint density at radius 2 is 0.862 bits per heavy atom. The molecule has 7 N–H and O–H groups in total. The van der Waals surface area contributed by atoms with Crippen LogP contribution >= 0.6 is 45.3 Å². The van der Waals surface area contributed by atoms with Gasteiger partial charge in [-0.1, -0.05) is 149 Å². The molecule has 0 unspecified atom stereocenters. The minimum atomic E-state index is -1.27. The Morgan fingerprint density at radius 1 is 0.495 bits per heavy atom. The van der Waals surface area contributed by atoms with E-state index in [4.69, 9.17) is 24.7 Å². The van der Waals surface area contributed by atoms with Gasteiger partial charge in [-0.25, -0.2) is 29.1 Å². The molecule has 4 aromatic heterocycles. The maximum absolute atomic E-state index is 14.2. The molecule has 4 aromatic carbocycles. The number of hydrogen-bond acceptors (Lipinski definition) is 22. The Morgan fingerprint density at radius 3 is 1.23 bits per heavy atom. The molecule has 0 bridgehead atoms. The smallest absolute Gasteiger partial charge is 0.407 e. The lowest BCUT2D eigenvalue weighted by Crippen LogP contribution is -2.54. The molecule has 109 heavy (non-hydrogen) atoms. The van der Waals surface area contributed by atoms with Crippen LogP contribution in [0.3, 0.4) is 0 Å². The van der Waals surface area contributed by atoms with Crippen LogP contribution in [0.2, 0.25) is 0 Å². The number of hydrogen-bond donors (Lipinski definition) is 6. The highest BCUT2D eigenvalue weighted by atomic mass is 32.1. The molecule has 0 radical (unpaired) electrons. The molecule has 8 aromatic rings. The van der Waals surface area contributed by atoms with Gasteiger partial charge in [-0.3, -0.25) is 24.6 Å². The van der Waals surface area contributed by atoms with Gasteiger partial charge in [-0.05, 0) is 86.5 Å². The van der Waals surface area contributed by atoms with E-state index in [1.807, 2.05) is 108 Å². The van der Waals surface area contributed by atoms with Gasteiger partial charge in [0, 0.05) is 113 Å². The Labute approximate surface area is 657 Å². The monoisotopic (exact) mass is 1570 g/mol. The SMILES string of the molecule is CC(C)c1nc(CN(C)C(=O)N[C@@H](CCN2CCOCC2)C(=O)N[C@H](CC[C@H](Cc2ccccc2)NC(=O)OCc2cncs2)Cc2ccccc2)cs1.CC(C)c1nc(CN(C)C(=O)N[C@@H](CCN2CCOCC2)C(=O)[O-])cs1.N[C@H](CC[C@H](Cc1ccccc1)NC(=O)OCc1cncs1)Cc1ccccc1. The van der Waals surface area contributed by atoms with Crippen LogP contribution in [0.1, 0.15) is 131 Å². The van der Waals surface area contributed by atoms with E-state index in [1.165, 1.54) is 38.7 Å². The normalized spacial score (nSPS) is 14.7. The van der Waals surface area contributed by atoms with E-state index in [1.54, 1.807) is 65.1 Å². The third kappa shape index (κ3) is 32.7. The van der Waals surface area contributed by atoms with Gasteiger partial charge in [-0.15, -0.1) is 45.3 Å². The molecule has 2 aliphatic rings. The third-order valence-electron chi connectivity index (χ3n) is 18.2. The first-order valence-electron chi connectivity index (χ1n) is 37.3. The van der Waals surface area contributed by atoms with Crippen molar-refractivity contribution in [3.63, 3.8) is 0 Å². The highest BCUT2D eigenvalue weighted by Gasteiger charge is 2.29. The number of morpholine rings is 2. The van der Waals surface area contributed by atoms with Gasteiger partial charge in [0.2, 0.25) is 5.91 Å². The number of aliphatic carboxylic acids is 1. The largest absolute Gasteiger partial charge is 0.548 e. The Kier molecular flexibility index (Phi) is 37.3. The lowest BCUT2D eigenvalue weighted by Gasteiger charge is -2.30. The summed E-state index contributed by atoms with van der Waals surface area (Å²) in [6.07, 6.45) is 8.78. The minimum absolute atomic E-state index is 0.0341. The summed E-state index contributed by atoms with van der Waals surface area (Å²) in [7, 11) is 3.35. The number of aromatic nitrogens is 4. The van der Waals surface area contributed by atoms with E-state index < -0.39 is 36.3 Å². The fourth-order valence-electron chi connectivity index (χ4n) is 12.1. The van der Waals surface area contributed by atoms with Gasteiger partial charge in [0.05, 0.1) is 93.7 Å². The predicted octanol–water partition coefficient (Wildman–Crippen LogP) is 10.6. The second-order valence-corrected chi connectivity index (χ2v) is 31.6. The average Bonchev–Trinajstić information content (AvgIpc) is 1.82. The second kappa shape index (κ2) is 47.3. The van der Waals surface area contributed by atoms with Crippen LogP contribution < -0.4 is 37.4 Å². The number of thiazole rings is 4. The molecule has 0 saturated carbocycles. The number of nitrogens with one attached hydrogen (secondary N) is 5. The lowest BCUT2D eigenvalue weighted by atomic mass is 9.95. The van der Waals surface area contributed by atoms with E-state index in [0.717, 1.165) is 94.1 Å². The van der Waals surface area contributed by atoms with Crippen molar-refractivity contribution in [2.45, 2.75) is 166 Å².